The number of nitrogens with zero attached hydrogens (tertiary/aromatic N) is 3. The van der Waals surface area contributed by atoms with Crippen LogP contribution >= 0.6 is 0 Å². The first-order valence-electron chi connectivity index (χ1n) is 9.66. The summed E-state index contributed by atoms with van der Waals surface area (Å²) < 4.78 is 13.3. The lowest BCUT2D eigenvalue weighted by atomic mass is 9.94. The zero-order valence-corrected chi connectivity index (χ0v) is 16.9. The van der Waals surface area contributed by atoms with Gasteiger partial charge in [0.25, 0.3) is 5.91 Å². The van der Waals surface area contributed by atoms with E-state index in [4.69, 9.17) is 0 Å². The Labute approximate surface area is 165 Å². The average molecular weight is 385 g/mol. The van der Waals surface area contributed by atoms with Gasteiger partial charge >= 0.3 is 0 Å². The molecule has 2 aromatic rings. The van der Waals surface area contributed by atoms with Gasteiger partial charge in [-0.05, 0) is 50.6 Å². The van der Waals surface area contributed by atoms with Crippen LogP contribution in [0, 0.1) is 18.7 Å². The molecule has 1 amide bonds. The molecule has 2 N–H and O–H groups in total. The molecule has 0 spiro atoms. The molecule has 1 saturated heterocycles. The van der Waals surface area contributed by atoms with Gasteiger partial charge in [-0.2, -0.15) is 0 Å². The molecule has 2 atom stereocenters. The van der Waals surface area contributed by atoms with Gasteiger partial charge in [0.05, 0.1) is 11.4 Å². The first kappa shape index (κ1) is 20.2. The van der Waals surface area contributed by atoms with Crippen LogP contribution in [0.3, 0.4) is 0 Å². The lowest BCUT2D eigenvalue weighted by Gasteiger charge is -2.35. The van der Waals surface area contributed by atoms with Crippen LogP contribution in [0.15, 0.2) is 24.3 Å². The van der Waals surface area contributed by atoms with Crippen LogP contribution in [-0.4, -0.2) is 54.0 Å². The van der Waals surface area contributed by atoms with Gasteiger partial charge in [0.2, 0.25) is 0 Å². The van der Waals surface area contributed by atoms with Gasteiger partial charge in [-0.3, -0.25) is 4.79 Å². The Morgan fingerprint density at radius 3 is 2.64 bits per heavy atom. The van der Waals surface area contributed by atoms with Gasteiger partial charge < -0.3 is 15.5 Å². The van der Waals surface area contributed by atoms with Crippen molar-refractivity contribution in [2.75, 3.05) is 32.5 Å². The van der Waals surface area contributed by atoms with E-state index in [1.807, 2.05) is 0 Å². The molecule has 2 heterocycles. The van der Waals surface area contributed by atoms with Crippen molar-refractivity contribution in [1.82, 2.24) is 20.2 Å². The molecule has 7 heteroatoms. The van der Waals surface area contributed by atoms with Crippen LogP contribution in [0.1, 0.15) is 40.8 Å². The number of piperidine rings is 1. The summed E-state index contributed by atoms with van der Waals surface area (Å²) in [4.78, 5) is 23.8. The van der Waals surface area contributed by atoms with Crippen LogP contribution in [0.2, 0.25) is 0 Å². The van der Waals surface area contributed by atoms with Crippen molar-refractivity contribution in [3.05, 3.63) is 52.7 Å². The fourth-order valence-corrected chi connectivity index (χ4v) is 3.67. The van der Waals surface area contributed by atoms with Gasteiger partial charge in [0, 0.05) is 26.1 Å². The van der Waals surface area contributed by atoms with Gasteiger partial charge in [-0.15, -0.1) is 0 Å². The molecule has 6 nitrogen and oxygen atoms in total. The molecule has 1 fully saturated rings. The van der Waals surface area contributed by atoms with E-state index >= 15 is 0 Å². The normalized spacial score (nSPS) is 20.0. The molecular weight excluding hydrogens is 357 g/mol. The van der Waals surface area contributed by atoms with E-state index in [0.29, 0.717) is 41.3 Å². The molecule has 1 aliphatic heterocycles. The third-order valence-electron chi connectivity index (χ3n) is 5.30. The summed E-state index contributed by atoms with van der Waals surface area (Å²) in [7, 11) is 3.71. The number of benzene rings is 1. The van der Waals surface area contributed by atoms with Gasteiger partial charge in [0.1, 0.15) is 17.3 Å². The lowest BCUT2D eigenvalue weighted by Crippen LogP contribution is -2.43. The van der Waals surface area contributed by atoms with E-state index in [2.05, 4.69) is 39.5 Å². The molecule has 1 aromatic heterocycles. The Morgan fingerprint density at radius 1 is 1.29 bits per heavy atom. The largest absolute Gasteiger partial charge is 0.365 e. The second kappa shape index (κ2) is 8.65. The number of hydrogen-bond donors (Lipinski definition) is 2. The molecule has 0 saturated carbocycles. The summed E-state index contributed by atoms with van der Waals surface area (Å²) in [6.07, 6.45) is 1.49. The zero-order chi connectivity index (χ0) is 20.3. The summed E-state index contributed by atoms with van der Waals surface area (Å²) in [6, 6.07) is 6.63. The Hall–Kier alpha value is -2.54. The molecule has 0 unspecified atom stereocenters. The van der Waals surface area contributed by atoms with Crippen LogP contribution in [0.5, 0.6) is 0 Å². The van der Waals surface area contributed by atoms with Crippen molar-refractivity contribution in [3.8, 4) is 0 Å². The number of likely N-dealkylation sites (tertiary alicyclic amines) is 1. The Bertz CT molecular complexity index is 839. The summed E-state index contributed by atoms with van der Waals surface area (Å²) in [5.41, 5.74) is 2.52. The summed E-state index contributed by atoms with van der Waals surface area (Å²) in [5.74, 6) is 0.641. The lowest BCUT2D eigenvalue weighted by molar-refractivity contribution is 0.0957. The maximum Gasteiger partial charge on any atom is 0.271 e. The summed E-state index contributed by atoms with van der Waals surface area (Å²) in [5, 5.41) is 6.19. The molecule has 28 heavy (non-hydrogen) atoms. The van der Waals surface area contributed by atoms with Crippen molar-refractivity contribution in [3.63, 3.8) is 0 Å². The van der Waals surface area contributed by atoms with E-state index < -0.39 is 0 Å². The number of anilines is 1. The third-order valence-corrected chi connectivity index (χ3v) is 5.30. The maximum absolute atomic E-state index is 13.3. The van der Waals surface area contributed by atoms with Crippen molar-refractivity contribution >= 4 is 11.7 Å². The minimum Gasteiger partial charge on any atom is -0.365 e. The van der Waals surface area contributed by atoms with Crippen LogP contribution in [0.25, 0.3) is 0 Å². The standard InChI is InChI=1S/C21H28FN5O/c1-13-12-27(4)10-9-17(13)26-20-18(11-15-5-7-16(22)8-6-15)25-19(14(2)24-20)21(28)23-3/h5-8,13,17H,9-12H2,1-4H3,(H,23,28)(H,24,26)/t13-,17-/m1/s1. The number of carbonyl (C=O) groups is 1. The van der Waals surface area contributed by atoms with Crippen LogP contribution < -0.4 is 10.6 Å². The second-order valence-electron chi connectivity index (χ2n) is 7.61. The number of aryl methyl sites for hydroxylation is 1. The fourth-order valence-electron chi connectivity index (χ4n) is 3.67. The highest BCUT2D eigenvalue weighted by molar-refractivity contribution is 5.93. The first-order valence-corrected chi connectivity index (χ1v) is 9.66. The van der Waals surface area contributed by atoms with E-state index in [1.54, 1.807) is 26.1 Å². The SMILES string of the molecule is CNC(=O)c1nc(Cc2ccc(F)cc2)c(N[C@@H]2CCN(C)C[C@H]2C)nc1C. The van der Waals surface area contributed by atoms with Gasteiger partial charge in [-0.25, -0.2) is 14.4 Å². The molecule has 0 aliphatic carbocycles. The molecule has 150 valence electrons. The van der Waals surface area contributed by atoms with Crippen LogP contribution in [-0.2, 0) is 6.42 Å². The molecule has 1 aliphatic rings. The van der Waals surface area contributed by atoms with E-state index in [1.165, 1.54) is 12.1 Å². The minimum absolute atomic E-state index is 0.260. The summed E-state index contributed by atoms with van der Waals surface area (Å²) >= 11 is 0. The van der Waals surface area contributed by atoms with E-state index in [0.717, 1.165) is 25.1 Å². The topological polar surface area (TPSA) is 70.2 Å². The van der Waals surface area contributed by atoms with Crippen molar-refractivity contribution in [1.29, 1.82) is 0 Å². The van der Waals surface area contributed by atoms with Crippen LogP contribution in [0.4, 0.5) is 10.2 Å². The molecule has 0 radical (unpaired) electrons. The van der Waals surface area contributed by atoms with E-state index in [-0.39, 0.29) is 11.7 Å². The summed E-state index contributed by atoms with van der Waals surface area (Å²) in [6.45, 7) is 6.07. The van der Waals surface area contributed by atoms with Crippen molar-refractivity contribution < 1.29 is 9.18 Å². The molecule has 3 rings (SSSR count). The Kier molecular flexibility index (Phi) is 6.24. The number of carbonyl (C=O) groups excluding carboxylic acids is 1. The van der Waals surface area contributed by atoms with Gasteiger partial charge in [0.15, 0.2) is 0 Å². The number of rotatable bonds is 5. The fraction of sp³-hybridized carbons (Fsp3) is 0.476. The molecular formula is C21H28FN5O. The number of hydrogen-bond acceptors (Lipinski definition) is 5. The highest BCUT2D eigenvalue weighted by atomic mass is 19.1. The number of nitrogens with one attached hydrogen (secondary N) is 2. The minimum atomic E-state index is -0.275. The Balaban J connectivity index is 1.93. The highest BCUT2D eigenvalue weighted by Crippen LogP contribution is 2.24. The van der Waals surface area contributed by atoms with E-state index in [9.17, 15) is 9.18 Å². The number of amides is 1. The molecule has 1 aromatic carbocycles. The van der Waals surface area contributed by atoms with Gasteiger partial charge in [-0.1, -0.05) is 19.1 Å². The smallest absolute Gasteiger partial charge is 0.271 e. The number of halogens is 1. The van der Waals surface area contributed by atoms with Crippen molar-refractivity contribution in [2.45, 2.75) is 32.7 Å². The zero-order valence-electron chi connectivity index (χ0n) is 16.9. The van der Waals surface area contributed by atoms with Crippen molar-refractivity contribution in [2.24, 2.45) is 5.92 Å². The average Bonchev–Trinajstić information content (AvgIpc) is 2.67. The molecule has 0 bridgehead atoms. The first-order chi connectivity index (χ1) is 13.4. The third kappa shape index (κ3) is 4.65. The monoisotopic (exact) mass is 385 g/mol. The highest BCUT2D eigenvalue weighted by Gasteiger charge is 2.26. The quantitative estimate of drug-likeness (QED) is 0.828. The predicted molar refractivity (Wildman–Crippen MR) is 108 cm³/mol. The second-order valence-corrected chi connectivity index (χ2v) is 7.61. The predicted octanol–water partition coefficient (Wildman–Crippen LogP) is 2.63. The maximum atomic E-state index is 13.3. The number of aromatic nitrogens is 2. The Morgan fingerprint density at radius 2 is 2.00 bits per heavy atom.